The third-order valence-electron chi connectivity index (χ3n) is 11.3. The maximum absolute atomic E-state index is 15.5. The number of halogens is 2. The molecule has 5 aromatic rings. The fraction of sp³-hybridized carbons (Fsp3) is 0.175. The lowest BCUT2D eigenvalue weighted by atomic mass is 9.64. The maximum Gasteiger partial charge on any atom is 0.677 e. The summed E-state index contributed by atoms with van der Waals surface area (Å²) in [6.45, 7) is 6.03. The van der Waals surface area contributed by atoms with Gasteiger partial charge in [0.25, 0.3) is 0 Å². The van der Waals surface area contributed by atoms with Crippen LogP contribution < -0.4 is 0 Å². The highest BCUT2D eigenvalue weighted by atomic mass is 19.2. The summed E-state index contributed by atoms with van der Waals surface area (Å²) in [6, 6.07) is 35.0. The predicted octanol–water partition coefficient (Wildman–Crippen LogP) is 9.35. The molecule has 8 bridgehead atoms. The fourth-order valence-corrected chi connectivity index (χ4v) is 9.54. The van der Waals surface area contributed by atoms with Gasteiger partial charge in [-0.25, -0.2) is 0 Å². The molecule has 0 unspecified atom stereocenters. The van der Waals surface area contributed by atoms with Gasteiger partial charge in [-0.2, -0.15) is 0 Å². The Morgan fingerprint density at radius 2 is 1.02 bits per heavy atom. The number of benzene rings is 4. The molecule has 0 fully saturated rings. The van der Waals surface area contributed by atoms with Crippen molar-refractivity contribution >= 4 is 18.7 Å². The van der Waals surface area contributed by atoms with Gasteiger partial charge in [0, 0.05) is 40.8 Å². The Labute approximate surface area is 261 Å². The lowest BCUT2D eigenvalue weighted by Crippen LogP contribution is -2.25. The first-order valence-electron chi connectivity index (χ1n) is 15.9. The molecular weight excluding hydrogens is 557 g/mol. The van der Waals surface area contributed by atoms with E-state index >= 15 is 8.63 Å². The normalized spacial score (nSPS) is 23.5. The second-order valence-corrected chi connectivity index (χ2v) is 13.2. The molecule has 0 saturated heterocycles. The Bertz CT molecular complexity index is 2230. The molecule has 1 aromatic heterocycles. The average molecular weight is 586 g/mol. The number of aromatic nitrogens is 1. The number of nitrogens with zero attached hydrogens (tertiary/aromatic N) is 2. The smallest absolute Gasteiger partial charge is 0.329 e. The number of allylic oxidation sites excluding steroid dienone is 3. The first-order valence-corrected chi connectivity index (χ1v) is 15.9. The molecule has 16 rings (SSSR count). The van der Waals surface area contributed by atoms with Crippen LogP contribution >= 0.6 is 0 Å². The molecule has 10 aliphatic carbocycles. The van der Waals surface area contributed by atoms with E-state index in [2.05, 4.69) is 104 Å². The van der Waals surface area contributed by atoms with E-state index in [0.717, 1.165) is 39.2 Å². The molecule has 216 valence electrons. The second-order valence-electron chi connectivity index (χ2n) is 13.2. The lowest BCUT2D eigenvalue weighted by molar-refractivity contribution is 0.623. The Balaban J connectivity index is 1.30. The van der Waals surface area contributed by atoms with E-state index in [0.29, 0.717) is 11.4 Å². The monoisotopic (exact) mass is 586 g/mol. The van der Waals surface area contributed by atoms with Crippen molar-refractivity contribution in [3.05, 3.63) is 181 Å². The van der Waals surface area contributed by atoms with Crippen molar-refractivity contribution in [2.45, 2.75) is 44.4 Å². The van der Waals surface area contributed by atoms with Crippen molar-refractivity contribution in [1.29, 1.82) is 0 Å². The quantitative estimate of drug-likeness (QED) is 0.180. The second kappa shape index (κ2) is 8.69. The number of rotatable bonds is 2. The van der Waals surface area contributed by atoms with Crippen LogP contribution in [0.2, 0.25) is 0 Å². The molecule has 4 aromatic carbocycles. The Morgan fingerprint density at radius 1 is 0.600 bits per heavy atom. The van der Waals surface area contributed by atoms with Gasteiger partial charge in [0.2, 0.25) is 0 Å². The summed E-state index contributed by atoms with van der Waals surface area (Å²) in [4.78, 5) is 5.31. The van der Waals surface area contributed by atoms with Crippen LogP contribution in [0.4, 0.5) is 8.63 Å². The summed E-state index contributed by atoms with van der Waals surface area (Å²) >= 11 is 0. The molecule has 0 N–H and O–H groups in total. The summed E-state index contributed by atoms with van der Waals surface area (Å²) in [5.74, 6) is -0.160. The van der Waals surface area contributed by atoms with Crippen LogP contribution in [-0.2, 0) is 0 Å². The van der Waals surface area contributed by atoms with E-state index in [1.807, 2.05) is 13.8 Å². The molecule has 1 aliphatic heterocycles. The van der Waals surface area contributed by atoms with Gasteiger partial charge in [0.15, 0.2) is 0 Å². The molecule has 0 radical (unpaired) electrons. The zero-order valence-electron chi connectivity index (χ0n) is 25.3. The van der Waals surface area contributed by atoms with Gasteiger partial charge in [0.05, 0.1) is 5.70 Å². The van der Waals surface area contributed by atoms with Gasteiger partial charge < -0.3 is 4.48 Å². The third kappa shape index (κ3) is 3.06. The minimum Gasteiger partial charge on any atom is -0.329 e. The van der Waals surface area contributed by atoms with Gasteiger partial charge in [0.1, 0.15) is 0 Å². The molecule has 45 heavy (non-hydrogen) atoms. The molecule has 2 heterocycles. The largest absolute Gasteiger partial charge is 0.677 e. The van der Waals surface area contributed by atoms with Crippen LogP contribution in [0, 0.1) is 6.92 Å². The van der Waals surface area contributed by atoms with Crippen molar-refractivity contribution in [2.75, 3.05) is 0 Å². The predicted molar refractivity (Wildman–Crippen MR) is 177 cm³/mol. The van der Waals surface area contributed by atoms with E-state index in [-0.39, 0.29) is 23.7 Å². The van der Waals surface area contributed by atoms with Crippen molar-refractivity contribution in [1.82, 2.24) is 4.48 Å². The van der Waals surface area contributed by atoms with Gasteiger partial charge in [-0.1, -0.05) is 97.1 Å². The first kappa shape index (κ1) is 25.6. The standard InChI is InChI=1S/C40H29BF2N2/c1-20(39-37-31(21(2)44-39)33-23-12-16-25(17-13-23)35(37)29-10-6-4-8-27(29)33)40-38-32(22(3)45(40)41(42)43)34-24-14-18-26(19-15-24)36(38)30-11-7-5-9-28(30)34/h4-19,33-36H,1-3H3/b39-20-/t33-,34-,35+,36+/m0/s1. The van der Waals surface area contributed by atoms with Crippen molar-refractivity contribution in [2.24, 2.45) is 4.99 Å². The zero-order valence-corrected chi connectivity index (χ0v) is 25.3. The molecular formula is C40H29BF2N2. The van der Waals surface area contributed by atoms with Crippen molar-refractivity contribution in [3.63, 3.8) is 0 Å². The van der Waals surface area contributed by atoms with Gasteiger partial charge in [-0.05, 0) is 93.1 Å². The van der Waals surface area contributed by atoms with E-state index < -0.39 is 7.40 Å². The van der Waals surface area contributed by atoms with Crippen LogP contribution in [0.25, 0.3) is 5.57 Å². The number of aliphatic imine (C=N–C) groups is 1. The molecule has 0 saturated carbocycles. The van der Waals surface area contributed by atoms with Crippen molar-refractivity contribution < 1.29 is 8.63 Å². The van der Waals surface area contributed by atoms with E-state index in [4.69, 9.17) is 4.99 Å². The minimum absolute atomic E-state index is 0.00481. The van der Waals surface area contributed by atoms with Crippen LogP contribution in [0.15, 0.2) is 119 Å². The highest BCUT2D eigenvalue weighted by molar-refractivity contribution is 6.41. The van der Waals surface area contributed by atoms with Crippen LogP contribution in [0.3, 0.4) is 0 Å². The van der Waals surface area contributed by atoms with Crippen LogP contribution in [0.1, 0.15) is 105 Å². The van der Waals surface area contributed by atoms with Gasteiger partial charge >= 0.3 is 7.40 Å². The van der Waals surface area contributed by atoms with E-state index in [1.54, 1.807) is 0 Å². The van der Waals surface area contributed by atoms with E-state index in [9.17, 15) is 0 Å². The highest BCUT2D eigenvalue weighted by Crippen LogP contribution is 2.59. The Morgan fingerprint density at radius 3 is 1.51 bits per heavy atom. The average Bonchev–Trinajstić information content (AvgIpc) is 3.52. The lowest BCUT2D eigenvalue weighted by Gasteiger charge is -2.38. The highest BCUT2D eigenvalue weighted by Gasteiger charge is 2.46. The van der Waals surface area contributed by atoms with Crippen LogP contribution in [0.5, 0.6) is 0 Å². The molecule has 0 amide bonds. The summed E-state index contributed by atoms with van der Waals surface area (Å²) in [6.07, 6.45) is 0. The zero-order chi connectivity index (χ0) is 30.3. The first-order chi connectivity index (χ1) is 21.9. The van der Waals surface area contributed by atoms with Gasteiger partial charge in [-0.3, -0.25) is 13.6 Å². The van der Waals surface area contributed by atoms with Crippen LogP contribution in [-0.4, -0.2) is 17.6 Å². The maximum atomic E-state index is 15.5. The minimum atomic E-state index is -2.68. The van der Waals surface area contributed by atoms with Gasteiger partial charge in [-0.15, -0.1) is 0 Å². The topological polar surface area (TPSA) is 17.3 Å². The molecule has 5 heteroatoms. The third-order valence-corrected chi connectivity index (χ3v) is 11.3. The molecule has 2 nitrogen and oxygen atoms in total. The molecule has 0 spiro atoms. The number of hydrogen-bond acceptors (Lipinski definition) is 1. The fourth-order valence-electron chi connectivity index (χ4n) is 9.54. The summed E-state index contributed by atoms with van der Waals surface area (Å²) in [5, 5.41) is 0. The molecule has 4 atom stereocenters. The summed E-state index contributed by atoms with van der Waals surface area (Å²) < 4.78 is 32.2. The van der Waals surface area contributed by atoms with Crippen molar-refractivity contribution in [3.8, 4) is 0 Å². The number of hydrogen-bond donors (Lipinski definition) is 0. The summed E-state index contributed by atoms with van der Waals surface area (Å²) in [7, 11) is -2.68. The molecule has 11 aliphatic rings. The SMILES string of the molecule is CC1=N/C(=C(/C)c2c3c(c(C)n2B(F)F)[C@H]2c4ccc(cc4)[C@@H]3c3ccccc32)C2=C1[C@H]1c3ccc(cc3)[C@@H]2c2ccccc21. The summed E-state index contributed by atoms with van der Waals surface area (Å²) in [5.41, 5.74) is 18.2. The Hall–Kier alpha value is -4.77. The van der Waals surface area contributed by atoms with E-state index in [1.165, 1.54) is 49.0 Å². The Kier molecular flexibility index (Phi) is 4.94.